The summed E-state index contributed by atoms with van der Waals surface area (Å²) < 4.78 is 5.97. The highest BCUT2D eigenvalue weighted by Crippen LogP contribution is 2.26. The normalized spacial score (nSPS) is 19.3. The van der Waals surface area contributed by atoms with Gasteiger partial charge in [-0.05, 0) is 23.6 Å². The van der Waals surface area contributed by atoms with Crippen molar-refractivity contribution in [3.05, 3.63) is 59.7 Å². The Morgan fingerprint density at radius 2 is 1.89 bits per heavy atom. The molecule has 0 aliphatic carbocycles. The van der Waals surface area contributed by atoms with Crippen LogP contribution in [0.3, 0.4) is 0 Å². The Hall–Kier alpha value is -2.66. The van der Waals surface area contributed by atoms with Gasteiger partial charge in [-0.1, -0.05) is 61.0 Å². The summed E-state index contributed by atoms with van der Waals surface area (Å²) in [5.74, 6) is -0.143. The van der Waals surface area contributed by atoms with Crippen LogP contribution in [0.5, 0.6) is 0 Å². The second kappa shape index (κ2) is 8.57. The Labute approximate surface area is 166 Å². The van der Waals surface area contributed by atoms with E-state index in [2.05, 4.69) is 42.6 Å². The number of rotatable bonds is 5. The molecule has 5 heteroatoms. The largest absolute Gasteiger partial charge is 0.361 e. The van der Waals surface area contributed by atoms with Crippen molar-refractivity contribution in [2.24, 2.45) is 0 Å². The van der Waals surface area contributed by atoms with Crippen molar-refractivity contribution in [1.82, 2.24) is 10.2 Å². The predicted molar refractivity (Wildman–Crippen MR) is 110 cm³/mol. The van der Waals surface area contributed by atoms with Crippen molar-refractivity contribution in [1.29, 1.82) is 0 Å². The van der Waals surface area contributed by atoms with Crippen molar-refractivity contribution in [3.8, 4) is 11.1 Å². The average molecular weight is 380 g/mol. The van der Waals surface area contributed by atoms with Crippen LogP contribution in [0.1, 0.15) is 24.5 Å². The van der Waals surface area contributed by atoms with Crippen LogP contribution in [0.25, 0.3) is 11.1 Å². The van der Waals surface area contributed by atoms with E-state index in [0.717, 1.165) is 11.1 Å². The first-order chi connectivity index (χ1) is 13.5. The molecular formula is C23H28N2O3. The number of likely N-dealkylation sites (N-methyl/N-ethyl adjacent to an activating group) is 1. The van der Waals surface area contributed by atoms with Gasteiger partial charge in [0.1, 0.15) is 0 Å². The van der Waals surface area contributed by atoms with Crippen LogP contribution in [0.2, 0.25) is 0 Å². The van der Waals surface area contributed by atoms with Gasteiger partial charge in [-0.3, -0.25) is 9.59 Å². The molecule has 0 saturated carbocycles. The second-order valence-electron chi connectivity index (χ2n) is 7.33. The zero-order valence-electron chi connectivity index (χ0n) is 16.8. The summed E-state index contributed by atoms with van der Waals surface area (Å²) in [4.78, 5) is 26.6. The SMILES string of the molecule is CCC(=O)N1CCO[C@](Cc2ccc(-c3cccc(C)c3)cc2)(C(=O)NC)C1. The summed E-state index contributed by atoms with van der Waals surface area (Å²) in [5.41, 5.74) is 3.47. The van der Waals surface area contributed by atoms with E-state index < -0.39 is 5.60 Å². The number of amides is 2. The molecule has 0 radical (unpaired) electrons. The predicted octanol–water partition coefficient (Wildman–Crippen LogP) is 2.96. The van der Waals surface area contributed by atoms with Crippen LogP contribution in [-0.2, 0) is 20.7 Å². The van der Waals surface area contributed by atoms with Crippen LogP contribution in [0.4, 0.5) is 0 Å². The monoisotopic (exact) mass is 380 g/mol. The molecule has 0 spiro atoms. The second-order valence-corrected chi connectivity index (χ2v) is 7.33. The Kier molecular flexibility index (Phi) is 6.15. The first kappa shape index (κ1) is 20.1. The minimum atomic E-state index is -1.05. The van der Waals surface area contributed by atoms with Crippen molar-refractivity contribution < 1.29 is 14.3 Å². The highest BCUT2D eigenvalue weighted by Gasteiger charge is 2.44. The first-order valence-corrected chi connectivity index (χ1v) is 9.77. The molecule has 0 unspecified atom stereocenters. The maximum absolute atomic E-state index is 12.7. The van der Waals surface area contributed by atoms with Gasteiger partial charge in [-0.2, -0.15) is 0 Å². The van der Waals surface area contributed by atoms with E-state index in [-0.39, 0.29) is 18.4 Å². The number of ether oxygens (including phenoxy) is 1. The fourth-order valence-electron chi connectivity index (χ4n) is 3.74. The quantitative estimate of drug-likeness (QED) is 0.868. The van der Waals surface area contributed by atoms with Crippen molar-refractivity contribution in [3.63, 3.8) is 0 Å². The van der Waals surface area contributed by atoms with Crippen molar-refractivity contribution in [2.75, 3.05) is 26.7 Å². The van der Waals surface area contributed by atoms with Gasteiger partial charge in [0.25, 0.3) is 5.91 Å². The first-order valence-electron chi connectivity index (χ1n) is 9.77. The van der Waals surface area contributed by atoms with Gasteiger partial charge in [-0.25, -0.2) is 0 Å². The van der Waals surface area contributed by atoms with E-state index >= 15 is 0 Å². The Bertz CT molecular complexity index is 847. The van der Waals surface area contributed by atoms with Crippen LogP contribution in [0.15, 0.2) is 48.5 Å². The molecule has 1 fully saturated rings. The lowest BCUT2D eigenvalue weighted by Gasteiger charge is -2.41. The molecule has 3 rings (SSSR count). The number of carbonyl (C=O) groups excluding carboxylic acids is 2. The number of carbonyl (C=O) groups is 2. The number of benzene rings is 2. The Balaban J connectivity index is 1.83. The zero-order chi connectivity index (χ0) is 20.1. The summed E-state index contributed by atoms with van der Waals surface area (Å²) in [5, 5.41) is 2.71. The van der Waals surface area contributed by atoms with E-state index in [1.165, 1.54) is 11.1 Å². The minimum absolute atomic E-state index is 0.0476. The van der Waals surface area contributed by atoms with E-state index in [9.17, 15) is 9.59 Å². The highest BCUT2D eigenvalue weighted by atomic mass is 16.5. The molecule has 148 valence electrons. The smallest absolute Gasteiger partial charge is 0.254 e. The molecule has 5 nitrogen and oxygen atoms in total. The molecule has 0 bridgehead atoms. The molecule has 0 aromatic heterocycles. The fourth-order valence-corrected chi connectivity index (χ4v) is 3.74. The zero-order valence-corrected chi connectivity index (χ0v) is 16.8. The summed E-state index contributed by atoms with van der Waals surface area (Å²) >= 11 is 0. The van der Waals surface area contributed by atoms with Crippen LogP contribution in [-0.4, -0.2) is 49.1 Å². The van der Waals surface area contributed by atoms with Gasteiger partial charge in [0.15, 0.2) is 5.60 Å². The molecule has 1 aliphatic rings. The molecule has 1 aliphatic heterocycles. The Morgan fingerprint density at radius 1 is 1.14 bits per heavy atom. The molecule has 28 heavy (non-hydrogen) atoms. The van der Waals surface area contributed by atoms with Crippen molar-refractivity contribution in [2.45, 2.75) is 32.3 Å². The molecule has 2 amide bonds. The van der Waals surface area contributed by atoms with E-state index in [1.807, 2.05) is 25.1 Å². The van der Waals surface area contributed by atoms with E-state index in [0.29, 0.717) is 26.0 Å². The summed E-state index contributed by atoms with van der Waals surface area (Å²) in [7, 11) is 1.61. The number of nitrogens with one attached hydrogen (secondary N) is 1. The third-order valence-electron chi connectivity index (χ3n) is 5.28. The van der Waals surface area contributed by atoms with E-state index in [4.69, 9.17) is 4.74 Å². The van der Waals surface area contributed by atoms with Crippen LogP contribution in [0, 0.1) is 6.92 Å². The average Bonchev–Trinajstić information content (AvgIpc) is 2.73. The maximum Gasteiger partial charge on any atom is 0.254 e. The number of aryl methyl sites for hydroxylation is 1. The standard InChI is InChI=1S/C23H28N2O3/c1-4-21(26)25-12-13-28-23(16-25,22(27)24-3)15-18-8-10-19(11-9-18)20-7-5-6-17(2)14-20/h5-11,14H,4,12-13,15-16H2,1-3H3,(H,24,27)/t23-/m0/s1. The fraction of sp³-hybridized carbons (Fsp3) is 0.391. The number of hydrogen-bond acceptors (Lipinski definition) is 3. The Morgan fingerprint density at radius 3 is 2.54 bits per heavy atom. The molecule has 1 heterocycles. The molecular weight excluding hydrogens is 352 g/mol. The molecule has 2 aromatic rings. The highest BCUT2D eigenvalue weighted by molar-refractivity contribution is 5.87. The molecule has 1 N–H and O–H groups in total. The third kappa shape index (κ3) is 4.25. The minimum Gasteiger partial charge on any atom is -0.361 e. The molecule has 1 atom stereocenters. The van der Waals surface area contributed by atoms with Crippen LogP contribution >= 0.6 is 0 Å². The lowest BCUT2D eigenvalue weighted by Crippen LogP contribution is -2.61. The summed E-state index contributed by atoms with van der Waals surface area (Å²) in [6.45, 7) is 5.08. The lowest BCUT2D eigenvalue weighted by atomic mass is 9.90. The van der Waals surface area contributed by atoms with Gasteiger partial charge in [0.2, 0.25) is 5.91 Å². The van der Waals surface area contributed by atoms with Gasteiger partial charge in [-0.15, -0.1) is 0 Å². The summed E-state index contributed by atoms with van der Waals surface area (Å²) in [6.07, 6.45) is 0.850. The number of hydrogen-bond donors (Lipinski definition) is 1. The van der Waals surface area contributed by atoms with Crippen LogP contribution < -0.4 is 5.32 Å². The topological polar surface area (TPSA) is 58.6 Å². The van der Waals surface area contributed by atoms with E-state index in [1.54, 1.807) is 11.9 Å². The summed E-state index contributed by atoms with van der Waals surface area (Å²) in [6, 6.07) is 16.6. The van der Waals surface area contributed by atoms with Gasteiger partial charge in [0, 0.05) is 26.4 Å². The van der Waals surface area contributed by atoms with Gasteiger partial charge < -0.3 is 15.0 Å². The number of nitrogens with zero attached hydrogens (tertiary/aromatic N) is 1. The third-order valence-corrected chi connectivity index (χ3v) is 5.28. The number of morpholine rings is 1. The van der Waals surface area contributed by atoms with Gasteiger partial charge in [0.05, 0.1) is 13.2 Å². The maximum atomic E-state index is 12.7. The lowest BCUT2D eigenvalue weighted by molar-refractivity contribution is -0.165. The van der Waals surface area contributed by atoms with Crippen molar-refractivity contribution >= 4 is 11.8 Å². The molecule has 1 saturated heterocycles. The molecule has 2 aromatic carbocycles. The van der Waals surface area contributed by atoms with Gasteiger partial charge >= 0.3 is 0 Å².